The van der Waals surface area contributed by atoms with Crippen molar-refractivity contribution < 1.29 is 4.79 Å². The molecule has 0 aromatic heterocycles. The summed E-state index contributed by atoms with van der Waals surface area (Å²) in [6.45, 7) is 0. The van der Waals surface area contributed by atoms with Crippen molar-refractivity contribution in [3.05, 3.63) is 57.5 Å². The third kappa shape index (κ3) is 1.99. The van der Waals surface area contributed by atoms with Crippen LogP contribution < -0.4 is 5.73 Å². The second-order valence-corrected chi connectivity index (χ2v) is 5.53. The van der Waals surface area contributed by atoms with Gasteiger partial charge in [-0.2, -0.15) is 0 Å². The Kier molecular flexibility index (Phi) is 2.96. The fourth-order valence-corrected chi connectivity index (χ4v) is 2.89. The fourth-order valence-electron chi connectivity index (χ4n) is 2.25. The maximum atomic E-state index is 11.5. The Labute approximate surface area is 123 Å². The molecule has 0 aliphatic heterocycles. The van der Waals surface area contributed by atoms with E-state index < -0.39 is 5.91 Å². The summed E-state index contributed by atoms with van der Waals surface area (Å²) < 4.78 is 0.859. The number of halogens is 2. The van der Waals surface area contributed by atoms with Gasteiger partial charge in [0.25, 0.3) is 0 Å². The van der Waals surface area contributed by atoms with Gasteiger partial charge in [-0.1, -0.05) is 29.8 Å². The van der Waals surface area contributed by atoms with Crippen molar-refractivity contribution in [2.45, 2.75) is 0 Å². The molecule has 1 amide bonds. The van der Waals surface area contributed by atoms with E-state index >= 15 is 0 Å². The van der Waals surface area contributed by atoms with E-state index in [2.05, 4.69) is 15.9 Å². The third-order valence-electron chi connectivity index (χ3n) is 3.17. The highest BCUT2D eigenvalue weighted by Gasteiger charge is 2.09. The van der Waals surface area contributed by atoms with Crippen molar-refractivity contribution in [1.82, 2.24) is 0 Å². The standard InChI is InChI=1S/C15H9BrClNO/c16-14-12-7-8-2-1-3-10(15(18)19)11(8)6-9(12)4-5-13(14)17/h1-7H,(H2,18,19). The van der Waals surface area contributed by atoms with Crippen LogP contribution in [0.3, 0.4) is 0 Å². The summed E-state index contributed by atoms with van der Waals surface area (Å²) in [7, 11) is 0. The Bertz CT molecular complexity index is 829. The zero-order chi connectivity index (χ0) is 13.6. The third-order valence-corrected chi connectivity index (χ3v) is 4.57. The molecule has 94 valence electrons. The molecule has 19 heavy (non-hydrogen) atoms. The molecule has 0 aliphatic carbocycles. The van der Waals surface area contributed by atoms with Crippen LogP contribution in [-0.2, 0) is 0 Å². The van der Waals surface area contributed by atoms with Crippen LogP contribution in [0.2, 0.25) is 5.02 Å². The van der Waals surface area contributed by atoms with Crippen LogP contribution in [0.5, 0.6) is 0 Å². The molecule has 0 heterocycles. The van der Waals surface area contributed by atoms with Gasteiger partial charge in [0, 0.05) is 10.0 Å². The molecule has 0 aliphatic rings. The summed E-state index contributed by atoms with van der Waals surface area (Å²) in [5, 5.41) is 4.51. The number of primary amides is 1. The molecule has 0 radical (unpaired) electrons. The van der Waals surface area contributed by atoms with Gasteiger partial charge in [-0.15, -0.1) is 0 Å². The first-order valence-corrected chi connectivity index (χ1v) is 6.85. The lowest BCUT2D eigenvalue weighted by Crippen LogP contribution is -2.11. The van der Waals surface area contributed by atoms with Gasteiger partial charge in [0.15, 0.2) is 0 Å². The first kappa shape index (κ1) is 12.5. The van der Waals surface area contributed by atoms with Crippen molar-refractivity contribution in [3.63, 3.8) is 0 Å². The van der Waals surface area contributed by atoms with E-state index in [4.69, 9.17) is 17.3 Å². The smallest absolute Gasteiger partial charge is 0.249 e. The van der Waals surface area contributed by atoms with Crippen LogP contribution in [0.1, 0.15) is 10.4 Å². The van der Waals surface area contributed by atoms with Crippen LogP contribution in [-0.4, -0.2) is 5.91 Å². The number of rotatable bonds is 1. The fraction of sp³-hybridized carbons (Fsp3) is 0. The average molecular weight is 335 g/mol. The highest BCUT2D eigenvalue weighted by Crippen LogP contribution is 2.34. The minimum absolute atomic E-state index is 0.419. The molecule has 0 atom stereocenters. The molecule has 3 aromatic carbocycles. The SMILES string of the molecule is NC(=O)c1cccc2cc3c(Br)c(Cl)ccc3cc12. The maximum absolute atomic E-state index is 11.5. The van der Waals surface area contributed by atoms with E-state index in [1.165, 1.54) is 0 Å². The van der Waals surface area contributed by atoms with Gasteiger partial charge < -0.3 is 5.73 Å². The van der Waals surface area contributed by atoms with E-state index in [0.717, 1.165) is 26.0 Å². The molecule has 3 rings (SSSR count). The monoisotopic (exact) mass is 333 g/mol. The molecule has 0 fully saturated rings. The van der Waals surface area contributed by atoms with E-state index in [-0.39, 0.29) is 0 Å². The maximum Gasteiger partial charge on any atom is 0.249 e. The van der Waals surface area contributed by atoms with Crippen molar-refractivity contribution in [1.29, 1.82) is 0 Å². The van der Waals surface area contributed by atoms with Crippen LogP contribution in [0.4, 0.5) is 0 Å². The Morgan fingerprint density at radius 2 is 1.74 bits per heavy atom. The average Bonchev–Trinajstić information content (AvgIpc) is 2.40. The van der Waals surface area contributed by atoms with Crippen molar-refractivity contribution in [2.24, 2.45) is 5.73 Å². The van der Waals surface area contributed by atoms with Gasteiger partial charge in [-0.25, -0.2) is 0 Å². The predicted octanol–water partition coefficient (Wildman–Crippen LogP) is 4.51. The Hall–Kier alpha value is -1.58. The van der Waals surface area contributed by atoms with Gasteiger partial charge in [-0.3, -0.25) is 4.79 Å². The number of nitrogens with two attached hydrogens (primary N) is 1. The zero-order valence-electron chi connectivity index (χ0n) is 9.78. The molecule has 0 saturated heterocycles. The highest BCUT2D eigenvalue weighted by molar-refractivity contribution is 9.10. The second-order valence-electron chi connectivity index (χ2n) is 4.33. The minimum Gasteiger partial charge on any atom is -0.366 e. The van der Waals surface area contributed by atoms with Crippen LogP contribution in [0.25, 0.3) is 21.5 Å². The summed E-state index contributed by atoms with van der Waals surface area (Å²) in [4.78, 5) is 11.5. The number of hydrogen-bond donors (Lipinski definition) is 1. The molecule has 0 spiro atoms. The number of benzene rings is 3. The van der Waals surface area contributed by atoms with Crippen LogP contribution >= 0.6 is 27.5 Å². The topological polar surface area (TPSA) is 43.1 Å². The molecule has 2 nitrogen and oxygen atoms in total. The van der Waals surface area contributed by atoms with Gasteiger partial charge in [-0.05, 0) is 61.7 Å². The molecule has 4 heteroatoms. The minimum atomic E-state index is -0.419. The first-order chi connectivity index (χ1) is 9.08. The number of amides is 1. The first-order valence-electron chi connectivity index (χ1n) is 5.68. The van der Waals surface area contributed by atoms with Gasteiger partial charge >= 0.3 is 0 Å². The predicted molar refractivity (Wildman–Crippen MR) is 82.7 cm³/mol. The second kappa shape index (κ2) is 4.51. The summed E-state index contributed by atoms with van der Waals surface area (Å²) in [5.74, 6) is -0.419. The van der Waals surface area contributed by atoms with Crippen LogP contribution in [0, 0.1) is 0 Å². The normalized spacial score (nSPS) is 11.1. The van der Waals surface area contributed by atoms with E-state index in [1.807, 2.05) is 36.4 Å². The Morgan fingerprint density at radius 1 is 1.05 bits per heavy atom. The number of carbonyl (C=O) groups is 1. The van der Waals surface area contributed by atoms with Crippen molar-refractivity contribution in [2.75, 3.05) is 0 Å². The van der Waals surface area contributed by atoms with E-state index in [9.17, 15) is 4.79 Å². The molecular formula is C15H9BrClNO. The lowest BCUT2D eigenvalue weighted by atomic mass is 9.99. The number of hydrogen-bond acceptors (Lipinski definition) is 1. The Morgan fingerprint density at radius 3 is 2.47 bits per heavy atom. The molecule has 0 saturated carbocycles. The highest BCUT2D eigenvalue weighted by atomic mass is 79.9. The lowest BCUT2D eigenvalue weighted by molar-refractivity contribution is 0.100. The summed E-state index contributed by atoms with van der Waals surface area (Å²) >= 11 is 9.59. The number of carbonyl (C=O) groups excluding carboxylic acids is 1. The summed E-state index contributed by atoms with van der Waals surface area (Å²) in [5.41, 5.74) is 5.94. The molecular weight excluding hydrogens is 326 g/mol. The van der Waals surface area contributed by atoms with E-state index in [1.54, 1.807) is 6.07 Å². The molecule has 0 unspecified atom stereocenters. The van der Waals surface area contributed by atoms with Gasteiger partial charge in [0.1, 0.15) is 0 Å². The Balaban J connectivity index is 2.48. The molecule has 0 bridgehead atoms. The number of fused-ring (bicyclic) bond motifs is 2. The molecule has 2 N–H and O–H groups in total. The molecule has 3 aromatic rings. The largest absolute Gasteiger partial charge is 0.366 e. The summed E-state index contributed by atoms with van der Waals surface area (Å²) in [6.07, 6.45) is 0. The van der Waals surface area contributed by atoms with Crippen LogP contribution in [0.15, 0.2) is 46.9 Å². The van der Waals surface area contributed by atoms with Crippen molar-refractivity contribution in [3.8, 4) is 0 Å². The zero-order valence-corrected chi connectivity index (χ0v) is 12.1. The van der Waals surface area contributed by atoms with E-state index in [0.29, 0.717) is 10.6 Å². The summed E-state index contributed by atoms with van der Waals surface area (Å²) in [6, 6.07) is 13.2. The van der Waals surface area contributed by atoms with Gasteiger partial charge in [0.05, 0.1) is 5.02 Å². The lowest BCUT2D eigenvalue weighted by Gasteiger charge is -2.08. The quantitative estimate of drug-likeness (QED) is 0.654. The van der Waals surface area contributed by atoms with Crippen molar-refractivity contribution >= 4 is 55.0 Å². The van der Waals surface area contributed by atoms with Gasteiger partial charge in [0.2, 0.25) is 5.91 Å².